The van der Waals surface area contributed by atoms with Gasteiger partial charge < -0.3 is 5.32 Å². The van der Waals surface area contributed by atoms with Gasteiger partial charge in [-0.1, -0.05) is 12.1 Å². The first kappa shape index (κ1) is 12.6. The molecule has 0 aliphatic carbocycles. The number of aryl methyl sites for hydroxylation is 2. The smallest absolute Gasteiger partial charge is 0.0835 e. The minimum atomic E-state index is 0.152. The van der Waals surface area contributed by atoms with Gasteiger partial charge >= 0.3 is 0 Å². The van der Waals surface area contributed by atoms with Gasteiger partial charge in [0.15, 0.2) is 0 Å². The molecule has 0 fully saturated rings. The number of anilines is 1. The maximum Gasteiger partial charge on any atom is 0.0835 e. The van der Waals surface area contributed by atoms with Crippen molar-refractivity contribution in [3.8, 4) is 0 Å². The molecule has 94 valence electrons. The fourth-order valence-corrected chi connectivity index (χ4v) is 2.05. The van der Waals surface area contributed by atoms with Crippen molar-refractivity contribution in [3.63, 3.8) is 0 Å². The van der Waals surface area contributed by atoms with Crippen molar-refractivity contribution in [2.45, 2.75) is 33.7 Å². The standard InChI is InChI=1S/C15H19N3/c1-10-6-5-7-14(11(10)2)18-13(4)15-12(3)16-8-9-17-15/h5-9,13,18H,1-4H3. The maximum absolute atomic E-state index is 4.40. The zero-order valence-corrected chi connectivity index (χ0v) is 11.4. The van der Waals surface area contributed by atoms with Gasteiger partial charge in [-0.3, -0.25) is 9.97 Å². The Morgan fingerprint density at radius 3 is 2.50 bits per heavy atom. The normalized spacial score (nSPS) is 12.2. The summed E-state index contributed by atoms with van der Waals surface area (Å²) in [6.45, 7) is 8.36. The molecule has 0 spiro atoms. The second-order valence-corrected chi connectivity index (χ2v) is 4.64. The van der Waals surface area contributed by atoms with Gasteiger partial charge in [0.25, 0.3) is 0 Å². The first-order valence-electron chi connectivity index (χ1n) is 6.20. The summed E-state index contributed by atoms with van der Waals surface area (Å²) >= 11 is 0. The maximum atomic E-state index is 4.40. The van der Waals surface area contributed by atoms with E-state index in [0.717, 1.165) is 17.1 Å². The number of hydrogen-bond acceptors (Lipinski definition) is 3. The highest BCUT2D eigenvalue weighted by atomic mass is 15.0. The van der Waals surface area contributed by atoms with E-state index >= 15 is 0 Å². The third-order valence-electron chi connectivity index (χ3n) is 3.31. The van der Waals surface area contributed by atoms with Crippen LogP contribution in [0.2, 0.25) is 0 Å². The van der Waals surface area contributed by atoms with Crippen LogP contribution >= 0.6 is 0 Å². The third kappa shape index (κ3) is 2.50. The molecule has 0 amide bonds. The van der Waals surface area contributed by atoms with E-state index in [1.165, 1.54) is 11.1 Å². The molecule has 0 saturated carbocycles. The van der Waals surface area contributed by atoms with Crippen molar-refractivity contribution in [2.24, 2.45) is 0 Å². The molecule has 3 nitrogen and oxygen atoms in total. The molecule has 0 radical (unpaired) electrons. The van der Waals surface area contributed by atoms with Crippen LogP contribution in [-0.2, 0) is 0 Å². The zero-order chi connectivity index (χ0) is 13.1. The molecule has 0 aliphatic heterocycles. The quantitative estimate of drug-likeness (QED) is 0.892. The fourth-order valence-electron chi connectivity index (χ4n) is 2.05. The predicted molar refractivity (Wildman–Crippen MR) is 74.7 cm³/mol. The summed E-state index contributed by atoms with van der Waals surface area (Å²) < 4.78 is 0. The molecule has 2 aromatic rings. The zero-order valence-electron chi connectivity index (χ0n) is 11.4. The highest BCUT2D eigenvalue weighted by Crippen LogP contribution is 2.23. The van der Waals surface area contributed by atoms with Crippen LogP contribution in [0.25, 0.3) is 0 Å². The second-order valence-electron chi connectivity index (χ2n) is 4.64. The van der Waals surface area contributed by atoms with E-state index in [1.807, 2.05) is 6.92 Å². The van der Waals surface area contributed by atoms with Crippen molar-refractivity contribution >= 4 is 5.69 Å². The van der Waals surface area contributed by atoms with E-state index in [9.17, 15) is 0 Å². The average Bonchev–Trinajstić information content (AvgIpc) is 2.35. The van der Waals surface area contributed by atoms with Crippen LogP contribution in [0.5, 0.6) is 0 Å². The molecule has 1 N–H and O–H groups in total. The molecule has 1 aromatic carbocycles. The van der Waals surface area contributed by atoms with E-state index in [2.05, 4.69) is 54.3 Å². The Hall–Kier alpha value is -1.90. The second kappa shape index (κ2) is 5.17. The molecule has 1 heterocycles. The highest BCUT2D eigenvalue weighted by molar-refractivity contribution is 5.54. The van der Waals surface area contributed by atoms with Crippen molar-refractivity contribution in [2.75, 3.05) is 5.32 Å². The van der Waals surface area contributed by atoms with E-state index in [0.29, 0.717) is 0 Å². The lowest BCUT2D eigenvalue weighted by atomic mass is 10.1. The van der Waals surface area contributed by atoms with Crippen LogP contribution in [-0.4, -0.2) is 9.97 Å². The van der Waals surface area contributed by atoms with E-state index < -0.39 is 0 Å². The molecule has 1 atom stereocenters. The Morgan fingerprint density at radius 2 is 1.78 bits per heavy atom. The summed E-state index contributed by atoms with van der Waals surface area (Å²) in [6, 6.07) is 6.45. The summed E-state index contributed by atoms with van der Waals surface area (Å²) in [7, 11) is 0. The summed E-state index contributed by atoms with van der Waals surface area (Å²) in [4.78, 5) is 8.68. The van der Waals surface area contributed by atoms with Gasteiger partial charge in [-0.2, -0.15) is 0 Å². The highest BCUT2D eigenvalue weighted by Gasteiger charge is 2.11. The first-order valence-corrected chi connectivity index (χ1v) is 6.20. The largest absolute Gasteiger partial charge is 0.377 e. The lowest BCUT2D eigenvalue weighted by Gasteiger charge is -2.18. The lowest BCUT2D eigenvalue weighted by molar-refractivity contribution is 0.808. The Balaban J connectivity index is 2.24. The van der Waals surface area contributed by atoms with Gasteiger partial charge in [0, 0.05) is 18.1 Å². The first-order chi connectivity index (χ1) is 8.59. The fraction of sp³-hybridized carbons (Fsp3) is 0.333. The van der Waals surface area contributed by atoms with Crippen molar-refractivity contribution in [3.05, 3.63) is 53.1 Å². The monoisotopic (exact) mass is 241 g/mol. The summed E-state index contributed by atoms with van der Waals surface area (Å²) in [5.41, 5.74) is 5.71. The van der Waals surface area contributed by atoms with Crippen molar-refractivity contribution in [1.29, 1.82) is 0 Å². The van der Waals surface area contributed by atoms with Gasteiger partial charge in [0.2, 0.25) is 0 Å². The molecule has 18 heavy (non-hydrogen) atoms. The average molecular weight is 241 g/mol. The summed E-state index contributed by atoms with van der Waals surface area (Å²) in [6.07, 6.45) is 3.47. The number of aromatic nitrogens is 2. The van der Waals surface area contributed by atoms with Crippen LogP contribution in [0, 0.1) is 20.8 Å². The SMILES string of the molecule is Cc1cccc(NC(C)c2nccnc2C)c1C. The number of hydrogen-bond donors (Lipinski definition) is 1. The minimum Gasteiger partial charge on any atom is -0.377 e. The number of nitrogens with one attached hydrogen (secondary N) is 1. The molecular weight excluding hydrogens is 222 g/mol. The molecule has 0 saturated heterocycles. The Kier molecular flexibility index (Phi) is 3.60. The Labute approximate surface area is 108 Å². The number of benzene rings is 1. The van der Waals surface area contributed by atoms with Crippen molar-refractivity contribution in [1.82, 2.24) is 9.97 Å². The van der Waals surface area contributed by atoms with Gasteiger partial charge in [0.05, 0.1) is 17.4 Å². The molecule has 1 aromatic heterocycles. The predicted octanol–water partition coefficient (Wildman–Crippen LogP) is 3.57. The van der Waals surface area contributed by atoms with Gasteiger partial charge in [0.1, 0.15) is 0 Å². The van der Waals surface area contributed by atoms with Crippen LogP contribution in [0.4, 0.5) is 5.69 Å². The Bertz CT molecular complexity index is 549. The number of rotatable bonds is 3. The molecule has 0 aliphatic rings. The van der Waals surface area contributed by atoms with Gasteiger partial charge in [-0.25, -0.2) is 0 Å². The van der Waals surface area contributed by atoms with E-state index in [1.54, 1.807) is 12.4 Å². The lowest BCUT2D eigenvalue weighted by Crippen LogP contribution is -2.12. The molecular formula is C15H19N3. The minimum absolute atomic E-state index is 0.152. The van der Waals surface area contributed by atoms with Crippen LogP contribution in [0.3, 0.4) is 0 Å². The Morgan fingerprint density at radius 1 is 1.06 bits per heavy atom. The number of nitrogens with zero attached hydrogens (tertiary/aromatic N) is 2. The topological polar surface area (TPSA) is 37.8 Å². The van der Waals surface area contributed by atoms with Crippen LogP contribution in [0.1, 0.15) is 35.5 Å². The molecule has 1 unspecified atom stereocenters. The summed E-state index contributed by atoms with van der Waals surface area (Å²) in [5.74, 6) is 0. The van der Waals surface area contributed by atoms with Crippen molar-refractivity contribution < 1.29 is 0 Å². The molecule has 2 rings (SSSR count). The third-order valence-corrected chi connectivity index (χ3v) is 3.31. The molecule has 0 bridgehead atoms. The van der Waals surface area contributed by atoms with Crippen LogP contribution in [0.15, 0.2) is 30.6 Å². The summed E-state index contributed by atoms with van der Waals surface area (Å²) in [5, 5.41) is 3.51. The van der Waals surface area contributed by atoms with Crippen LogP contribution < -0.4 is 5.32 Å². The van der Waals surface area contributed by atoms with Gasteiger partial charge in [-0.05, 0) is 44.9 Å². The van der Waals surface area contributed by atoms with E-state index in [4.69, 9.17) is 0 Å². The van der Waals surface area contributed by atoms with Gasteiger partial charge in [-0.15, -0.1) is 0 Å². The molecule has 3 heteroatoms. The van der Waals surface area contributed by atoms with E-state index in [-0.39, 0.29) is 6.04 Å².